The summed E-state index contributed by atoms with van der Waals surface area (Å²) in [7, 11) is 0. The van der Waals surface area contributed by atoms with Crippen LogP contribution in [0, 0.1) is 5.41 Å². The number of fused-ring (bicyclic) bond motifs is 8. The fraction of sp³-hybridized carbons (Fsp3) is 0.370. The number of rotatable bonds is 3. The Kier molecular flexibility index (Phi) is 4.36. The number of benzene rings is 2. The van der Waals surface area contributed by atoms with Crippen molar-refractivity contribution >= 4 is 22.5 Å². The van der Waals surface area contributed by atoms with E-state index in [9.17, 15) is 14.7 Å². The van der Waals surface area contributed by atoms with Gasteiger partial charge in [-0.2, -0.15) is 0 Å². The van der Waals surface area contributed by atoms with Crippen LogP contribution >= 0.6 is 0 Å². The zero-order valence-corrected chi connectivity index (χ0v) is 19.6. The van der Waals surface area contributed by atoms with Crippen LogP contribution in [0.3, 0.4) is 0 Å². The SMILES string of the molecule is CC=CC(C)(C)[C@@]12CC3c4nc5ccccc5c(=O)n4CC(=O)N3[C@@H]1N(CO)c1ccccc12. The second kappa shape index (κ2) is 7.03. The maximum absolute atomic E-state index is 13.7. The molecule has 3 aliphatic rings. The highest BCUT2D eigenvalue weighted by atomic mass is 16.3. The molecule has 174 valence electrons. The lowest BCUT2D eigenvalue weighted by molar-refractivity contribution is -0.138. The smallest absolute Gasteiger partial charge is 0.261 e. The Hall–Kier alpha value is -3.45. The van der Waals surface area contributed by atoms with E-state index in [1.807, 2.05) is 53.1 Å². The Morgan fingerprint density at radius 1 is 1.15 bits per heavy atom. The van der Waals surface area contributed by atoms with Crippen LogP contribution in [0.1, 0.15) is 44.6 Å². The number of anilines is 1. The van der Waals surface area contributed by atoms with Gasteiger partial charge in [-0.1, -0.05) is 56.3 Å². The van der Waals surface area contributed by atoms with E-state index < -0.39 is 5.41 Å². The third-order valence-electron chi connectivity index (χ3n) is 8.20. The van der Waals surface area contributed by atoms with E-state index in [1.54, 1.807) is 10.6 Å². The number of aliphatic hydroxyl groups is 1. The van der Waals surface area contributed by atoms with Gasteiger partial charge in [-0.25, -0.2) is 4.98 Å². The monoisotopic (exact) mass is 456 g/mol. The molecule has 3 aromatic rings. The van der Waals surface area contributed by atoms with Crippen LogP contribution in [-0.2, 0) is 16.8 Å². The Morgan fingerprint density at radius 2 is 1.88 bits per heavy atom. The molecule has 0 spiro atoms. The summed E-state index contributed by atoms with van der Waals surface area (Å²) in [6, 6.07) is 15.1. The van der Waals surface area contributed by atoms with Crippen LogP contribution in [0.5, 0.6) is 0 Å². The van der Waals surface area contributed by atoms with Crippen molar-refractivity contribution in [3.63, 3.8) is 0 Å². The second-order valence-corrected chi connectivity index (χ2v) is 10.1. The zero-order chi connectivity index (χ0) is 23.8. The molecule has 0 aliphatic carbocycles. The number of hydrogen-bond acceptors (Lipinski definition) is 5. The molecule has 1 unspecified atom stereocenters. The van der Waals surface area contributed by atoms with Gasteiger partial charge in [0.25, 0.3) is 5.56 Å². The van der Waals surface area contributed by atoms with Gasteiger partial charge in [0.1, 0.15) is 25.3 Å². The van der Waals surface area contributed by atoms with Crippen molar-refractivity contribution in [2.75, 3.05) is 11.6 Å². The Bertz CT molecular complexity index is 1420. The molecule has 7 nitrogen and oxygen atoms in total. The van der Waals surface area contributed by atoms with E-state index in [0.717, 1.165) is 11.3 Å². The van der Waals surface area contributed by atoms with Crippen LogP contribution in [0.2, 0.25) is 0 Å². The molecule has 1 fully saturated rings. The highest BCUT2D eigenvalue weighted by Crippen LogP contribution is 2.65. The first kappa shape index (κ1) is 21.1. The molecule has 0 saturated carbocycles. The van der Waals surface area contributed by atoms with Crippen LogP contribution in [0.25, 0.3) is 10.9 Å². The minimum absolute atomic E-state index is 0.0469. The second-order valence-electron chi connectivity index (χ2n) is 10.1. The number of carbonyl (C=O) groups is 1. The fourth-order valence-corrected chi connectivity index (χ4v) is 6.81. The predicted molar refractivity (Wildman–Crippen MR) is 130 cm³/mol. The molecule has 1 amide bonds. The van der Waals surface area contributed by atoms with Crippen molar-refractivity contribution in [3.05, 3.63) is 82.4 Å². The van der Waals surface area contributed by atoms with Gasteiger partial charge in [0.2, 0.25) is 5.91 Å². The van der Waals surface area contributed by atoms with Crippen molar-refractivity contribution in [3.8, 4) is 0 Å². The largest absolute Gasteiger partial charge is 0.376 e. The average molecular weight is 457 g/mol. The van der Waals surface area contributed by atoms with Crippen molar-refractivity contribution in [2.45, 2.75) is 51.4 Å². The molecule has 0 bridgehead atoms. The number of allylic oxidation sites excluding steroid dienone is 2. The first-order valence-electron chi connectivity index (χ1n) is 11.8. The summed E-state index contributed by atoms with van der Waals surface area (Å²) in [6.07, 6.45) is 4.48. The van der Waals surface area contributed by atoms with Gasteiger partial charge < -0.3 is 14.9 Å². The van der Waals surface area contributed by atoms with E-state index in [0.29, 0.717) is 23.1 Å². The Balaban J connectivity index is 1.65. The van der Waals surface area contributed by atoms with E-state index in [2.05, 4.69) is 32.1 Å². The van der Waals surface area contributed by atoms with Crippen LogP contribution in [-0.4, -0.2) is 38.4 Å². The van der Waals surface area contributed by atoms with Crippen molar-refractivity contribution in [1.82, 2.24) is 14.5 Å². The number of carbonyl (C=O) groups excluding carboxylic acids is 1. The third kappa shape index (κ3) is 2.42. The standard InChI is InChI=1S/C27H28N4O3/c1-4-13-26(2,3)27-14-21-23-28-19-11-7-5-9-17(19)24(34)29(23)15-22(33)31(21)25(27)30(16-32)20-12-8-6-10-18(20)27/h4-13,21,25,32H,14-16H2,1-3H3/t21?,25-,27+/m0/s1. The molecule has 0 radical (unpaired) electrons. The zero-order valence-electron chi connectivity index (χ0n) is 19.6. The van der Waals surface area contributed by atoms with E-state index in [1.165, 1.54) is 0 Å². The number of para-hydroxylation sites is 2. The summed E-state index contributed by atoms with van der Waals surface area (Å²) in [5.41, 5.74) is 1.71. The van der Waals surface area contributed by atoms with E-state index >= 15 is 0 Å². The minimum Gasteiger partial charge on any atom is -0.376 e. The van der Waals surface area contributed by atoms with Gasteiger partial charge in [-0.3, -0.25) is 14.2 Å². The van der Waals surface area contributed by atoms with Gasteiger partial charge in [0.15, 0.2) is 0 Å². The molecule has 4 heterocycles. The van der Waals surface area contributed by atoms with E-state index in [4.69, 9.17) is 4.98 Å². The highest BCUT2D eigenvalue weighted by molar-refractivity contribution is 5.83. The molecule has 6 rings (SSSR count). The average Bonchev–Trinajstić information content (AvgIpc) is 3.32. The van der Waals surface area contributed by atoms with Gasteiger partial charge >= 0.3 is 0 Å². The molecule has 1 N–H and O–H groups in total. The summed E-state index contributed by atoms with van der Waals surface area (Å²) in [6.45, 7) is 6.15. The van der Waals surface area contributed by atoms with Crippen molar-refractivity contribution in [1.29, 1.82) is 0 Å². The summed E-state index contributed by atoms with van der Waals surface area (Å²) in [5, 5.41) is 11.1. The maximum atomic E-state index is 13.7. The molecule has 1 aromatic heterocycles. The van der Waals surface area contributed by atoms with Gasteiger partial charge in [-0.15, -0.1) is 0 Å². The minimum atomic E-state index is -0.488. The lowest BCUT2D eigenvalue weighted by atomic mass is 9.60. The first-order valence-corrected chi connectivity index (χ1v) is 11.8. The van der Waals surface area contributed by atoms with Gasteiger partial charge in [0.05, 0.1) is 16.9 Å². The molecule has 3 atom stereocenters. The summed E-state index contributed by atoms with van der Waals surface area (Å²) >= 11 is 0. The molecule has 2 aromatic carbocycles. The Morgan fingerprint density at radius 3 is 2.65 bits per heavy atom. The molecule has 7 heteroatoms. The lowest BCUT2D eigenvalue weighted by Gasteiger charge is -2.46. The number of aliphatic hydroxyl groups excluding tert-OH is 1. The number of aromatic nitrogens is 2. The van der Waals surface area contributed by atoms with Crippen LogP contribution < -0.4 is 10.5 Å². The Labute approximate surface area is 197 Å². The summed E-state index contributed by atoms with van der Waals surface area (Å²) in [5.74, 6) is 0.509. The first-order chi connectivity index (χ1) is 16.4. The lowest BCUT2D eigenvalue weighted by Crippen LogP contribution is -2.58. The number of hydrogen-bond donors (Lipinski definition) is 1. The van der Waals surface area contributed by atoms with Crippen LogP contribution in [0.15, 0.2) is 65.5 Å². The molecule has 1 saturated heterocycles. The maximum Gasteiger partial charge on any atom is 0.261 e. The number of amides is 1. The van der Waals surface area contributed by atoms with E-state index in [-0.39, 0.29) is 42.4 Å². The van der Waals surface area contributed by atoms with Gasteiger partial charge in [0, 0.05) is 11.1 Å². The third-order valence-corrected chi connectivity index (χ3v) is 8.20. The summed E-state index contributed by atoms with van der Waals surface area (Å²) in [4.78, 5) is 35.8. The van der Waals surface area contributed by atoms with Crippen LogP contribution in [0.4, 0.5) is 5.69 Å². The topological polar surface area (TPSA) is 78.7 Å². The fourth-order valence-electron chi connectivity index (χ4n) is 6.81. The molecule has 34 heavy (non-hydrogen) atoms. The molecular formula is C27H28N4O3. The summed E-state index contributed by atoms with van der Waals surface area (Å²) < 4.78 is 1.55. The van der Waals surface area contributed by atoms with Gasteiger partial charge in [-0.05, 0) is 42.5 Å². The predicted octanol–water partition coefficient (Wildman–Crippen LogP) is 3.32. The van der Waals surface area contributed by atoms with Crippen molar-refractivity contribution in [2.24, 2.45) is 5.41 Å². The normalized spacial score (nSPS) is 25.6. The highest BCUT2D eigenvalue weighted by Gasteiger charge is 2.68. The molecule has 3 aliphatic heterocycles. The molecular weight excluding hydrogens is 428 g/mol. The van der Waals surface area contributed by atoms with Crippen molar-refractivity contribution < 1.29 is 9.90 Å². The quantitative estimate of drug-likeness (QED) is 0.612. The number of nitrogens with zero attached hydrogens (tertiary/aromatic N) is 4.